The van der Waals surface area contributed by atoms with Gasteiger partial charge in [0.05, 0.1) is 18.6 Å². The summed E-state index contributed by atoms with van der Waals surface area (Å²) in [5.74, 6) is 1.78. The Labute approximate surface area is 207 Å². The molecule has 3 aliphatic heterocycles. The largest absolute Gasteiger partial charge is 0.487 e. The van der Waals surface area contributed by atoms with E-state index in [9.17, 15) is 0 Å². The molecule has 3 heterocycles. The highest BCUT2D eigenvalue weighted by Gasteiger charge is 2.46. The zero-order chi connectivity index (χ0) is 24.2. The summed E-state index contributed by atoms with van der Waals surface area (Å²) in [6.07, 6.45) is 16.7. The van der Waals surface area contributed by atoms with Crippen LogP contribution in [0, 0.1) is 23.1 Å². The minimum Gasteiger partial charge on any atom is -0.487 e. The lowest BCUT2D eigenvalue weighted by Gasteiger charge is -2.42. The molecule has 2 aliphatic carbocycles. The third-order valence-corrected chi connectivity index (χ3v) is 8.76. The van der Waals surface area contributed by atoms with E-state index in [-0.39, 0.29) is 24.0 Å². The van der Waals surface area contributed by atoms with Gasteiger partial charge in [-0.2, -0.15) is 5.10 Å². The van der Waals surface area contributed by atoms with Crippen LogP contribution in [-0.4, -0.2) is 34.2 Å². The highest BCUT2D eigenvalue weighted by molar-refractivity contribution is 5.96. The van der Waals surface area contributed by atoms with Gasteiger partial charge in [0, 0.05) is 23.7 Å². The van der Waals surface area contributed by atoms with Gasteiger partial charge in [-0.15, -0.1) is 6.58 Å². The topological polar surface area (TPSA) is 40.4 Å². The maximum absolute atomic E-state index is 15.1. The predicted molar refractivity (Wildman–Crippen MR) is 138 cm³/mol. The first-order valence-corrected chi connectivity index (χ1v) is 13.1. The second-order valence-electron chi connectivity index (χ2n) is 11.2. The van der Waals surface area contributed by atoms with Crippen molar-refractivity contribution in [3.63, 3.8) is 0 Å². The maximum Gasteiger partial charge on any atom is 0.165 e. The molecule has 2 fully saturated rings. The van der Waals surface area contributed by atoms with Gasteiger partial charge in [-0.1, -0.05) is 26.0 Å². The first-order chi connectivity index (χ1) is 16.9. The Hall–Kier alpha value is -2.89. The predicted octanol–water partition coefficient (Wildman–Crippen LogP) is 6.49. The van der Waals surface area contributed by atoms with E-state index >= 15 is 4.39 Å². The maximum atomic E-state index is 15.1. The molecular weight excluding hydrogens is 439 g/mol. The van der Waals surface area contributed by atoms with Crippen LogP contribution >= 0.6 is 0 Å². The van der Waals surface area contributed by atoms with Gasteiger partial charge in [0.2, 0.25) is 0 Å². The number of nitrogens with zero attached hydrogens (tertiary/aromatic N) is 4. The minimum absolute atomic E-state index is 0.00902. The Bertz CT molecular complexity index is 1130. The number of fused-ring (bicyclic) bond motifs is 2. The van der Waals surface area contributed by atoms with Crippen LogP contribution in [0.25, 0.3) is 5.70 Å². The zero-order valence-electron chi connectivity index (χ0n) is 20.6. The van der Waals surface area contributed by atoms with Crippen molar-refractivity contribution >= 4 is 17.7 Å². The molecule has 6 rings (SSSR count). The quantitative estimate of drug-likeness (QED) is 0.458. The van der Waals surface area contributed by atoms with Crippen molar-refractivity contribution in [2.75, 3.05) is 0 Å². The Balaban J connectivity index is 1.23. The van der Waals surface area contributed by atoms with Crippen LogP contribution in [0.4, 0.5) is 4.39 Å². The number of halogens is 1. The number of hydrazone groups is 1. The second-order valence-corrected chi connectivity index (χ2v) is 11.2. The van der Waals surface area contributed by atoms with E-state index in [0.717, 1.165) is 54.8 Å². The lowest BCUT2D eigenvalue weighted by Crippen LogP contribution is -2.40. The number of rotatable bonds is 5. The molecule has 5 aliphatic rings. The number of ether oxygens (including phenoxy) is 1. The van der Waals surface area contributed by atoms with Gasteiger partial charge in [-0.25, -0.2) is 9.40 Å². The van der Waals surface area contributed by atoms with Gasteiger partial charge in [0.1, 0.15) is 5.84 Å². The molecule has 0 bridgehead atoms. The Kier molecular flexibility index (Phi) is 5.58. The fourth-order valence-corrected chi connectivity index (χ4v) is 6.43. The van der Waals surface area contributed by atoms with Gasteiger partial charge in [0.15, 0.2) is 17.7 Å². The van der Waals surface area contributed by atoms with Crippen LogP contribution in [0.2, 0.25) is 0 Å². The summed E-state index contributed by atoms with van der Waals surface area (Å²) < 4.78 is 21.3. The molecule has 35 heavy (non-hydrogen) atoms. The van der Waals surface area contributed by atoms with Gasteiger partial charge in [0.25, 0.3) is 0 Å². The standard InChI is InChI=1S/C29H35FN4O/c1-4-20-7-9-22(10-8-20)35-26-16-23-19(2)33(18-21(23)15-25(26)30)28-24(17-29(3)11-5-12-29)27-31-13-6-14-34(27)32-28/h4,6,13-16,20,22,24,27H,1-2,5,7-12,17-18H2,3H3. The molecule has 0 saturated heterocycles. The first-order valence-electron chi connectivity index (χ1n) is 13.1. The Morgan fingerprint density at radius 2 is 2.03 bits per heavy atom. The van der Waals surface area contributed by atoms with Crippen molar-refractivity contribution in [3.8, 4) is 5.75 Å². The third kappa shape index (κ3) is 4.01. The summed E-state index contributed by atoms with van der Waals surface area (Å²) >= 11 is 0. The van der Waals surface area contributed by atoms with Crippen molar-refractivity contribution in [1.82, 2.24) is 9.91 Å². The molecule has 6 heteroatoms. The second kappa shape index (κ2) is 8.65. The van der Waals surface area contributed by atoms with Gasteiger partial charge < -0.3 is 9.64 Å². The molecule has 0 aromatic heterocycles. The molecule has 2 atom stereocenters. The molecule has 0 spiro atoms. The molecule has 2 saturated carbocycles. The lowest BCUT2D eigenvalue weighted by molar-refractivity contribution is 0.113. The first kappa shape index (κ1) is 22.6. The number of hydrogen-bond acceptors (Lipinski definition) is 5. The van der Waals surface area contributed by atoms with Crippen LogP contribution in [0.3, 0.4) is 0 Å². The number of amidine groups is 1. The average molecular weight is 475 g/mol. The highest BCUT2D eigenvalue weighted by Crippen LogP contribution is 2.49. The smallest absolute Gasteiger partial charge is 0.165 e. The lowest BCUT2D eigenvalue weighted by atomic mass is 9.65. The SMILES string of the molecule is C=CC1CCC(Oc2cc3c(cc2F)CN(C2=NN4C=CC=NC4C2CC2(C)CCC2)C3=C)CC1. The normalized spacial score (nSPS) is 30.6. The minimum atomic E-state index is -0.291. The van der Waals surface area contributed by atoms with E-state index in [0.29, 0.717) is 23.6 Å². The van der Waals surface area contributed by atoms with E-state index in [4.69, 9.17) is 14.8 Å². The van der Waals surface area contributed by atoms with E-state index in [1.165, 1.54) is 19.3 Å². The molecule has 0 N–H and O–H groups in total. The highest BCUT2D eigenvalue weighted by atomic mass is 19.1. The van der Waals surface area contributed by atoms with E-state index in [1.807, 2.05) is 35.6 Å². The van der Waals surface area contributed by atoms with Crippen LogP contribution in [0.5, 0.6) is 5.75 Å². The molecular formula is C29H35FN4O. The summed E-state index contributed by atoms with van der Waals surface area (Å²) in [5.41, 5.74) is 3.11. The van der Waals surface area contributed by atoms with Crippen molar-refractivity contribution in [1.29, 1.82) is 0 Å². The monoisotopic (exact) mass is 474 g/mol. The number of hydrogen-bond donors (Lipinski definition) is 0. The third-order valence-electron chi connectivity index (χ3n) is 8.76. The fraction of sp³-hybridized carbons (Fsp3) is 0.517. The van der Waals surface area contributed by atoms with E-state index in [2.05, 4.69) is 25.0 Å². The van der Waals surface area contributed by atoms with Crippen LogP contribution in [0.1, 0.15) is 69.4 Å². The summed E-state index contributed by atoms with van der Waals surface area (Å²) in [6, 6.07) is 3.49. The number of allylic oxidation sites excluding steroid dienone is 2. The van der Waals surface area contributed by atoms with E-state index < -0.39 is 0 Å². The van der Waals surface area contributed by atoms with Gasteiger partial charge in [-0.3, -0.25) is 4.99 Å². The van der Waals surface area contributed by atoms with Gasteiger partial charge >= 0.3 is 0 Å². The Morgan fingerprint density at radius 3 is 2.74 bits per heavy atom. The van der Waals surface area contributed by atoms with Gasteiger partial charge in [-0.05, 0) is 80.1 Å². The Morgan fingerprint density at radius 1 is 1.23 bits per heavy atom. The van der Waals surface area contributed by atoms with Crippen LogP contribution in [-0.2, 0) is 6.54 Å². The van der Waals surface area contributed by atoms with Crippen molar-refractivity contribution in [2.24, 2.45) is 27.3 Å². The molecule has 0 radical (unpaired) electrons. The fourth-order valence-electron chi connectivity index (χ4n) is 6.43. The van der Waals surface area contributed by atoms with Crippen LogP contribution in [0.15, 0.2) is 53.7 Å². The molecule has 1 aromatic carbocycles. The zero-order valence-corrected chi connectivity index (χ0v) is 20.6. The summed E-state index contributed by atoms with van der Waals surface area (Å²) in [4.78, 5) is 6.95. The molecule has 5 nitrogen and oxygen atoms in total. The van der Waals surface area contributed by atoms with Crippen LogP contribution < -0.4 is 4.74 Å². The molecule has 184 valence electrons. The summed E-state index contributed by atoms with van der Waals surface area (Å²) in [7, 11) is 0. The number of benzene rings is 1. The molecule has 2 unspecified atom stereocenters. The van der Waals surface area contributed by atoms with E-state index in [1.54, 1.807) is 6.07 Å². The van der Waals surface area contributed by atoms with Crippen molar-refractivity contribution < 1.29 is 9.13 Å². The molecule has 0 amide bonds. The molecule has 1 aromatic rings. The summed E-state index contributed by atoms with van der Waals surface area (Å²) in [5, 5.41) is 6.96. The summed E-state index contributed by atoms with van der Waals surface area (Å²) in [6.45, 7) is 11.3. The average Bonchev–Trinajstić information content (AvgIpc) is 3.36. The van der Waals surface area contributed by atoms with Crippen molar-refractivity contribution in [2.45, 2.75) is 77.1 Å². The number of aliphatic imine (C=N–C) groups is 1. The van der Waals surface area contributed by atoms with Crippen molar-refractivity contribution in [3.05, 3.63) is 60.6 Å².